The molecule has 7 nitrogen and oxygen atoms in total. The third kappa shape index (κ3) is 10.3. The summed E-state index contributed by atoms with van der Waals surface area (Å²) in [6.07, 6.45) is 3.46. The highest BCUT2D eigenvalue weighted by molar-refractivity contribution is 14.0. The normalized spacial score (nSPS) is 22.5. The Bertz CT molecular complexity index is 400. The van der Waals surface area contributed by atoms with Gasteiger partial charge < -0.3 is 24.8 Å². The van der Waals surface area contributed by atoms with Crippen molar-refractivity contribution < 1.29 is 14.2 Å². The summed E-state index contributed by atoms with van der Waals surface area (Å²) >= 11 is 0. The molecule has 0 aromatic rings. The van der Waals surface area contributed by atoms with Crippen molar-refractivity contribution in [3.8, 4) is 0 Å². The molecule has 0 aromatic heterocycles. The van der Waals surface area contributed by atoms with Gasteiger partial charge in [0.25, 0.3) is 0 Å². The molecule has 0 radical (unpaired) electrons. The molecule has 2 aliphatic rings. The van der Waals surface area contributed by atoms with Gasteiger partial charge in [-0.1, -0.05) is 13.8 Å². The first-order valence-electron chi connectivity index (χ1n) is 10.1. The number of hydrogen-bond acceptors (Lipinski definition) is 5. The molecule has 0 saturated carbocycles. The van der Waals surface area contributed by atoms with E-state index in [2.05, 4.69) is 34.4 Å². The van der Waals surface area contributed by atoms with Crippen molar-refractivity contribution in [2.75, 3.05) is 66.3 Å². The van der Waals surface area contributed by atoms with E-state index in [1.54, 1.807) is 0 Å². The Hall–Kier alpha value is -0.160. The average molecular weight is 498 g/mol. The summed E-state index contributed by atoms with van der Waals surface area (Å²) in [5.41, 5.74) is 0. The predicted octanol–water partition coefficient (Wildman–Crippen LogP) is 1.71. The van der Waals surface area contributed by atoms with Gasteiger partial charge in [0, 0.05) is 52.5 Å². The molecule has 2 aliphatic heterocycles. The molecular weight excluding hydrogens is 459 g/mol. The lowest BCUT2D eigenvalue weighted by Crippen LogP contribution is -2.51. The van der Waals surface area contributed by atoms with E-state index in [-0.39, 0.29) is 30.1 Å². The Balaban J connectivity index is 0.00000364. The summed E-state index contributed by atoms with van der Waals surface area (Å²) in [6, 6.07) is 0.517. The van der Waals surface area contributed by atoms with Gasteiger partial charge in [-0.3, -0.25) is 9.89 Å². The van der Waals surface area contributed by atoms with Crippen molar-refractivity contribution in [2.24, 2.45) is 10.9 Å². The molecule has 2 saturated heterocycles. The van der Waals surface area contributed by atoms with Crippen LogP contribution >= 0.6 is 24.0 Å². The fraction of sp³-hybridized carbons (Fsp3) is 0.947. The van der Waals surface area contributed by atoms with E-state index in [4.69, 9.17) is 14.2 Å². The molecule has 2 atom stereocenters. The molecule has 0 aliphatic carbocycles. The van der Waals surface area contributed by atoms with Gasteiger partial charge in [0.2, 0.25) is 0 Å². The maximum Gasteiger partial charge on any atom is 0.191 e. The average Bonchev–Trinajstić information content (AvgIpc) is 3.16. The highest BCUT2D eigenvalue weighted by atomic mass is 127. The van der Waals surface area contributed by atoms with Gasteiger partial charge in [0.1, 0.15) is 0 Å². The first kappa shape index (κ1) is 24.9. The van der Waals surface area contributed by atoms with Crippen molar-refractivity contribution in [1.82, 2.24) is 15.5 Å². The lowest BCUT2D eigenvalue weighted by molar-refractivity contribution is 0.0132. The van der Waals surface area contributed by atoms with Crippen LogP contribution in [0.5, 0.6) is 0 Å². The van der Waals surface area contributed by atoms with E-state index in [0.717, 1.165) is 78.0 Å². The van der Waals surface area contributed by atoms with Crippen LogP contribution in [-0.4, -0.2) is 89.3 Å². The number of morpholine rings is 1. The van der Waals surface area contributed by atoms with Crippen LogP contribution in [0.1, 0.15) is 33.1 Å². The minimum Gasteiger partial charge on any atom is -0.379 e. The summed E-state index contributed by atoms with van der Waals surface area (Å²) in [5.74, 6) is 1.55. The zero-order valence-electron chi connectivity index (χ0n) is 17.2. The molecule has 2 unspecified atom stereocenters. The second-order valence-electron chi connectivity index (χ2n) is 7.52. The van der Waals surface area contributed by atoms with E-state index in [1.165, 1.54) is 6.42 Å². The Morgan fingerprint density at radius 3 is 2.59 bits per heavy atom. The maximum atomic E-state index is 5.80. The highest BCUT2D eigenvalue weighted by Crippen LogP contribution is 2.13. The van der Waals surface area contributed by atoms with Crippen molar-refractivity contribution in [2.45, 2.75) is 45.3 Å². The predicted molar refractivity (Wildman–Crippen MR) is 120 cm³/mol. The lowest BCUT2D eigenvalue weighted by Gasteiger charge is -2.35. The van der Waals surface area contributed by atoms with Crippen LogP contribution in [-0.2, 0) is 14.2 Å². The second kappa shape index (κ2) is 14.8. The molecule has 27 heavy (non-hydrogen) atoms. The molecule has 0 amide bonds. The first-order chi connectivity index (χ1) is 12.7. The smallest absolute Gasteiger partial charge is 0.191 e. The number of ether oxygens (including phenoxy) is 3. The van der Waals surface area contributed by atoms with Crippen LogP contribution in [0.4, 0.5) is 0 Å². The number of halogens is 1. The lowest BCUT2D eigenvalue weighted by atomic mass is 10.0. The monoisotopic (exact) mass is 498 g/mol. The number of aliphatic imine (C=N–C) groups is 1. The van der Waals surface area contributed by atoms with Gasteiger partial charge in [-0.25, -0.2) is 0 Å². The Morgan fingerprint density at radius 1 is 1.19 bits per heavy atom. The van der Waals surface area contributed by atoms with Crippen LogP contribution in [0.2, 0.25) is 0 Å². The van der Waals surface area contributed by atoms with E-state index < -0.39 is 0 Å². The number of nitrogens with zero attached hydrogens (tertiary/aromatic N) is 2. The van der Waals surface area contributed by atoms with Gasteiger partial charge in [-0.2, -0.15) is 0 Å². The highest BCUT2D eigenvalue weighted by Gasteiger charge is 2.22. The number of nitrogens with one attached hydrogen (secondary N) is 2. The summed E-state index contributed by atoms with van der Waals surface area (Å²) < 4.78 is 16.6. The number of hydrogen-bond donors (Lipinski definition) is 2. The van der Waals surface area contributed by atoms with Crippen molar-refractivity contribution >= 4 is 29.9 Å². The molecule has 2 heterocycles. The molecule has 0 bridgehead atoms. The van der Waals surface area contributed by atoms with Gasteiger partial charge in [-0.15, -0.1) is 24.0 Å². The Morgan fingerprint density at radius 2 is 1.96 bits per heavy atom. The van der Waals surface area contributed by atoms with Gasteiger partial charge in [-0.05, 0) is 25.2 Å². The minimum atomic E-state index is 0. The minimum absolute atomic E-state index is 0. The summed E-state index contributed by atoms with van der Waals surface area (Å²) in [6.45, 7) is 12.4. The standard InChI is InChI=1S/C19H38N4O3.HI/c1-16(2)13-17(23-7-11-24-12-8-23)14-22-19(20-3)21-6-4-9-26-18-5-10-25-15-18;/h16-18H,4-15H2,1-3H3,(H2,20,21,22);1H. The van der Waals surface area contributed by atoms with Crippen molar-refractivity contribution in [3.05, 3.63) is 0 Å². The summed E-state index contributed by atoms with van der Waals surface area (Å²) in [7, 11) is 1.83. The first-order valence-corrected chi connectivity index (χ1v) is 10.1. The van der Waals surface area contributed by atoms with Crippen molar-refractivity contribution in [1.29, 1.82) is 0 Å². The van der Waals surface area contributed by atoms with Crippen molar-refractivity contribution in [3.63, 3.8) is 0 Å². The molecule has 8 heteroatoms. The fourth-order valence-electron chi connectivity index (χ4n) is 3.46. The van der Waals surface area contributed by atoms with E-state index in [9.17, 15) is 0 Å². The fourth-order valence-corrected chi connectivity index (χ4v) is 3.46. The third-order valence-corrected chi connectivity index (χ3v) is 4.89. The van der Waals surface area contributed by atoms with Crippen LogP contribution in [0.25, 0.3) is 0 Å². The third-order valence-electron chi connectivity index (χ3n) is 4.89. The number of guanidine groups is 1. The van der Waals surface area contributed by atoms with E-state index in [0.29, 0.717) is 12.0 Å². The number of rotatable bonds is 10. The maximum absolute atomic E-state index is 5.80. The second-order valence-corrected chi connectivity index (χ2v) is 7.52. The molecular formula is C19H39IN4O3. The van der Waals surface area contributed by atoms with E-state index in [1.807, 2.05) is 7.05 Å². The largest absolute Gasteiger partial charge is 0.379 e. The Labute approximate surface area is 182 Å². The van der Waals surface area contributed by atoms with E-state index >= 15 is 0 Å². The van der Waals surface area contributed by atoms with Crippen LogP contribution < -0.4 is 10.6 Å². The molecule has 0 spiro atoms. The topological polar surface area (TPSA) is 67.4 Å². The van der Waals surface area contributed by atoms with Crippen LogP contribution in [0.3, 0.4) is 0 Å². The summed E-state index contributed by atoms with van der Waals surface area (Å²) in [4.78, 5) is 6.89. The molecule has 160 valence electrons. The molecule has 2 N–H and O–H groups in total. The van der Waals surface area contributed by atoms with Gasteiger partial charge in [0.05, 0.1) is 25.9 Å². The zero-order valence-corrected chi connectivity index (χ0v) is 19.6. The SMILES string of the molecule is CN=C(NCCCOC1CCOC1)NCC(CC(C)C)N1CCOCC1.I. The Kier molecular flexibility index (Phi) is 13.6. The molecule has 0 aromatic carbocycles. The van der Waals surface area contributed by atoms with Gasteiger partial charge >= 0.3 is 0 Å². The summed E-state index contributed by atoms with van der Waals surface area (Å²) in [5, 5.41) is 6.89. The molecule has 2 rings (SSSR count). The quantitative estimate of drug-likeness (QED) is 0.207. The van der Waals surface area contributed by atoms with Crippen LogP contribution in [0, 0.1) is 5.92 Å². The van der Waals surface area contributed by atoms with Gasteiger partial charge in [0.15, 0.2) is 5.96 Å². The molecule has 2 fully saturated rings. The zero-order chi connectivity index (χ0) is 18.6. The van der Waals surface area contributed by atoms with Crippen LogP contribution in [0.15, 0.2) is 4.99 Å².